The van der Waals surface area contributed by atoms with E-state index in [0.717, 1.165) is 9.91 Å². The van der Waals surface area contributed by atoms with E-state index in [-0.39, 0.29) is 36.8 Å². The number of amides is 3. The van der Waals surface area contributed by atoms with Gasteiger partial charge in [0, 0.05) is 0 Å². The van der Waals surface area contributed by atoms with Gasteiger partial charge in [-0.25, -0.2) is 9.69 Å². The Morgan fingerprint density at radius 2 is 0.737 bits per heavy atom. The van der Waals surface area contributed by atoms with Crippen LogP contribution in [0.5, 0.6) is 17.2 Å². The molecule has 0 aromatic heterocycles. The summed E-state index contributed by atoms with van der Waals surface area (Å²) >= 11 is 0. The highest BCUT2D eigenvalue weighted by molar-refractivity contribution is 5.97. The topological polar surface area (TPSA) is 121 Å². The van der Waals surface area contributed by atoms with Crippen LogP contribution in [0.4, 0.5) is 4.79 Å². The molecule has 1 aliphatic heterocycles. The van der Waals surface area contributed by atoms with Gasteiger partial charge in [-0.05, 0) is 112 Å². The van der Waals surface area contributed by atoms with Crippen molar-refractivity contribution in [3.63, 3.8) is 0 Å². The standard InChI is InChI=1S/C48H69N3O6/c1-43(2,3)31-19-28(20-32(38(31)52)44(4,5)6)25-37-41(55)49(26-29-21-33(45(7,8)9)39(53)34(22-29)46(10,11)12)42(56)50(51(37)57)27-30-23-35(47(13,14)15)40(54)36(24-30)48(16,17)18/h19-24,37H,25-27H2,1-18H3,(H2-,52,53,54)/p+1. The number of hydrogen-bond acceptors (Lipinski definition) is 6. The highest BCUT2D eigenvalue weighted by Gasteiger charge is 2.53. The maximum absolute atomic E-state index is 14.7. The van der Waals surface area contributed by atoms with Crippen LogP contribution in [0.3, 0.4) is 0 Å². The van der Waals surface area contributed by atoms with Crippen LogP contribution in [0, 0.1) is 4.91 Å². The Labute approximate surface area is 342 Å². The molecule has 0 spiro atoms. The Kier molecular flexibility index (Phi) is 11.7. The lowest BCUT2D eigenvalue weighted by atomic mass is 9.78. The second kappa shape index (κ2) is 14.8. The number of aromatic hydroxyl groups is 3. The van der Waals surface area contributed by atoms with Crippen molar-refractivity contribution in [1.29, 1.82) is 0 Å². The van der Waals surface area contributed by atoms with Crippen molar-refractivity contribution >= 4 is 11.9 Å². The van der Waals surface area contributed by atoms with E-state index < -0.39 is 50.5 Å². The molecule has 1 unspecified atom stereocenters. The van der Waals surface area contributed by atoms with Crippen LogP contribution in [-0.4, -0.2) is 48.1 Å². The molecule has 3 N–H and O–H groups in total. The fourth-order valence-corrected chi connectivity index (χ4v) is 7.60. The summed E-state index contributed by atoms with van der Waals surface area (Å²) in [5, 5.41) is 35.5. The second-order valence-corrected chi connectivity index (χ2v) is 22.4. The first-order chi connectivity index (χ1) is 25.5. The molecule has 0 radical (unpaired) electrons. The van der Waals surface area contributed by atoms with Crippen molar-refractivity contribution in [2.24, 2.45) is 0 Å². The average Bonchev–Trinajstić information content (AvgIpc) is 3.02. The van der Waals surface area contributed by atoms with E-state index in [2.05, 4.69) is 0 Å². The number of nitrogens with zero attached hydrogens (tertiary/aromatic N) is 3. The smallest absolute Gasteiger partial charge is 0.384 e. The van der Waals surface area contributed by atoms with Gasteiger partial charge in [0.05, 0.1) is 17.9 Å². The zero-order chi connectivity index (χ0) is 43.8. The molecule has 9 nitrogen and oxygen atoms in total. The largest absolute Gasteiger partial charge is 0.507 e. The summed E-state index contributed by atoms with van der Waals surface area (Å²) < 4.78 is 0. The maximum atomic E-state index is 14.7. The normalized spacial score (nSPS) is 16.5. The first-order valence-electron chi connectivity index (χ1n) is 20.2. The molecule has 1 saturated heterocycles. The van der Waals surface area contributed by atoms with Gasteiger partial charge in [-0.15, -0.1) is 0 Å². The first kappa shape index (κ1) is 45.3. The van der Waals surface area contributed by atoms with Crippen LogP contribution in [0.1, 0.15) is 175 Å². The molecule has 1 atom stereocenters. The van der Waals surface area contributed by atoms with Gasteiger partial charge in [-0.3, -0.25) is 4.79 Å². The van der Waals surface area contributed by atoms with E-state index in [4.69, 9.17) is 0 Å². The molecule has 0 bridgehead atoms. The van der Waals surface area contributed by atoms with Gasteiger partial charge < -0.3 is 15.3 Å². The average molecular weight is 785 g/mol. The highest BCUT2D eigenvalue weighted by Crippen LogP contribution is 2.43. The Balaban J connectivity index is 1.96. The quantitative estimate of drug-likeness (QED) is 0.214. The third-order valence-corrected chi connectivity index (χ3v) is 11.0. The molecule has 9 heteroatoms. The number of phenolic OH excluding ortho intramolecular Hbond substituents is 3. The van der Waals surface area contributed by atoms with Gasteiger partial charge in [0.25, 0.3) is 0 Å². The lowest BCUT2D eigenvalue weighted by Crippen LogP contribution is -2.62. The second-order valence-electron chi connectivity index (χ2n) is 22.4. The summed E-state index contributed by atoms with van der Waals surface area (Å²) in [6.45, 7) is 35.9. The molecule has 312 valence electrons. The number of benzene rings is 3. The van der Waals surface area contributed by atoms with Crippen LogP contribution in [0.25, 0.3) is 0 Å². The summed E-state index contributed by atoms with van der Waals surface area (Å²) in [5.41, 5.74) is 3.53. The van der Waals surface area contributed by atoms with Crippen LogP contribution >= 0.6 is 0 Å². The third kappa shape index (κ3) is 9.50. The molecule has 4 rings (SSSR count). The van der Waals surface area contributed by atoms with Crippen molar-refractivity contribution < 1.29 is 29.8 Å². The number of imide groups is 1. The van der Waals surface area contributed by atoms with E-state index in [9.17, 15) is 29.8 Å². The minimum atomic E-state index is -1.31. The lowest BCUT2D eigenvalue weighted by Gasteiger charge is -2.33. The Morgan fingerprint density at radius 1 is 0.474 bits per heavy atom. The number of carbonyl (C=O) groups excluding carboxylic acids is 2. The molecule has 57 heavy (non-hydrogen) atoms. The van der Waals surface area contributed by atoms with Crippen molar-refractivity contribution in [3.8, 4) is 17.2 Å². The summed E-state index contributed by atoms with van der Waals surface area (Å²) in [6, 6.07) is 9.06. The SMILES string of the molecule is CC(C)(C)c1cc(CC2C(=O)N(Cc3cc(C(C)(C)C)c(O)c(C(C)(C)C)c3)C(=O)N(Cc3cc(C(C)(C)C)c(O)c(C(C)(C)C)c3)[N+]2=O)cc(C(C)(C)C)c1O. The molecule has 1 fully saturated rings. The Hall–Kier alpha value is -4.40. The van der Waals surface area contributed by atoms with E-state index in [1.54, 1.807) is 0 Å². The lowest BCUT2D eigenvalue weighted by molar-refractivity contribution is -0.714. The van der Waals surface area contributed by atoms with E-state index in [1.807, 2.05) is 161 Å². The molecule has 3 aromatic carbocycles. The van der Waals surface area contributed by atoms with Gasteiger partial charge in [0.15, 0.2) is 0 Å². The van der Waals surface area contributed by atoms with Gasteiger partial charge in [0.1, 0.15) is 28.7 Å². The van der Waals surface area contributed by atoms with Crippen molar-refractivity contribution in [1.82, 2.24) is 9.91 Å². The fourth-order valence-electron chi connectivity index (χ4n) is 7.60. The highest BCUT2D eigenvalue weighted by atomic mass is 16.4. The number of rotatable bonds is 6. The van der Waals surface area contributed by atoms with E-state index in [1.165, 1.54) is 0 Å². The van der Waals surface area contributed by atoms with Crippen molar-refractivity contribution in [3.05, 3.63) is 91.4 Å². The van der Waals surface area contributed by atoms with Gasteiger partial charge >= 0.3 is 18.0 Å². The molecular weight excluding hydrogens is 715 g/mol. The zero-order valence-electron chi connectivity index (χ0n) is 38.1. The summed E-state index contributed by atoms with van der Waals surface area (Å²) in [7, 11) is 0. The van der Waals surface area contributed by atoms with Gasteiger partial charge in [-0.1, -0.05) is 137 Å². The maximum Gasteiger partial charge on any atom is 0.384 e. The van der Waals surface area contributed by atoms with Crippen LogP contribution < -0.4 is 0 Å². The Morgan fingerprint density at radius 3 is 1.02 bits per heavy atom. The molecule has 3 aromatic rings. The van der Waals surface area contributed by atoms with Gasteiger partial charge in [-0.2, -0.15) is 0 Å². The Bertz CT molecular complexity index is 1710. The van der Waals surface area contributed by atoms with Crippen molar-refractivity contribution in [2.45, 2.75) is 183 Å². The van der Waals surface area contributed by atoms with Crippen LogP contribution in [0.2, 0.25) is 0 Å². The van der Waals surface area contributed by atoms with E-state index >= 15 is 0 Å². The number of nitroso groups, excluding NO2 is 1. The first-order valence-corrected chi connectivity index (χ1v) is 20.2. The van der Waals surface area contributed by atoms with E-state index in [0.29, 0.717) is 54.9 Å². The molecule has 1 heterocycles. The number of urea groups is 1. The summed E-state index contributed by atoms with van der Waals surface area (Å²) in [5.74, 6) is -0.0632. The third-order valence-electron chi connectivity index (χ3n) is 11.0. The molecule has 0 aliphatic carbocycles. The monoisotopic (exact) mass is 785 g/mol. The predicted octanol–water partition coefficient (Wildman–Crippen LogP) is 10.9. The minimum Gasteiger partial charge on any atom is -0.507 e. The van der Waals surface area contributed by atoms with Crippen LogP contribution in [-0.2, 0) is 56.8 Å². The fraction of sp³-hybridized carbons (Fsp3) is 0.583. The molecular formula is C48H70N3O6+. The molecule has 1 aliphatic rings. The number of hydrazine groups is 1. The number of phenols is 3. The number of hydrogen-bond donors (Lipinski definition) is 3. The van der Waals surface area contributed by atoms with Crippen LogP contribution in [0.15, 0.2) is 36.4 Å². The summed E-state index contributed by atoms with van der Waals surface area (Å²) in [4.78, 5) is 45.8. The minimum absolute atomic E-state index is 0.0127. The number of carbonyl (C=O) groups is 2. The van der Waals surface area contributed by atoms with Gasteiger partial charge in [0.2, 0.25) is 0 Å². The molecule has 0 saturated carbocycles. The zero-order valence-corrected chi connectivity index (χ0v) is 38.1. The molecule has 3 amide bonds. The predicted molar refractivity (Wildman–Crippen MR) is 229 cm³/mol. The van der Waals surface area contributed by atoms with Crippen molar-refractivity contribution in [2.75, 3.05) is 0 Å². The summed E-state index contributed by atoms with van der Waals surface area (Å²) in [6.07, 6.45) is -0.0127.